The second-order valence-corrected chi connectivity index (χ2v) is 7.74. The van der Waals surface area contributed by atoms with E-state index in [4.69, 9.17) is 4.74 Å². The van der Waals surface area contributed by atoms with Crippen LogP contribution in [0.4, 0.5) is 14.9 Å². The fourth-order valence-corrected chi connectivity index (χ4v) is 3.00. The molecule has 2 unspecified atom stereocenters. The number of nitrogens with zero attached hydrogens (tertiary/aromatic N) is 1. The van der Waals surface area contributed by atoms with E-state index < -0.39 is 23.6 Å². The van der Waals surface area contributed by atoms with Crippen molar-refractivity contribution in [1.29, 1.82) is 0 Å². The maximum Gasteiger partial charge on any atom is 0.407 e. The number of amides is 1. The van der Waals surface area contributed by atoms with E-state index in [1.165, 1.54) is 18.3 Å². The number of rotatable bonds is 5. The number of nitrogens with one attached hydrogen (secondary N) is 2. The Balaban J connectivity index is 1.85. The van der Waals surface area contributed by atoms with Crippen molar-refractivity contribution in [3.05, 3.63) is 76.9 Å². The molecule has 1 aliphatic heterocycles. The van der Waals surface area contributed by atoms with E-state index in [2.05, 4.69) is 10.3 Å². The number of ether oxygens (including phenoxy) is 1. The van der Waals surface area contributed by atoms with Crippen molar-refractivity contribution < 1.29 is 19.0 Å². The molecule has 2 N–H and O–H groups in total. The van der Waals surface area contributed by atoms with E-state index in [9.17, 15) is 14.4 Å². The summed E-state index contributed by atoms with van der Waals surface area (Å²) in [7, 11) is 0. The summed E-state index contributed by atoms with van der Waals surface area (Å²) in [5, 5.41) is 14.8. The van der Waals surface area contributed by atoms with Gasteiger partial charge in [0.2, 0.25) is 0 Å². The third-order valence-electron chi connectivity index (χ3n) is 4.25. The van der Waals surface area contributed by atoms with Gasteiger partial charge in [-0.15, -0.1) is 0 Å². The third kappa shape index (κ3) is 5.49. The molecule has 0 saturated heterocycles. The standard InChI is InChI=1S/C22H24FN3O3/c1-22(2,3)29-21(27)25-13-19(24-12-15-7-5-4-6-8-15)18-14-26(28)20-11-16(23)9-10-17(18)20/h4-12,14,19,26H,13H2,1-3H3,(H,25,27). The average molecular weight is 397 g/mol. The number of halogens is 1. The number of benzene rings is 2. The summed E-state index contributed by atoms with van der Waals surface area (Å²) in [5.74, 6) is -0.469. The highest BCUT2D eigenvalue weighted by molar-refractivity contribution is 5.84. The van der Waals surface area contributed by atoms with Gasteiger partial charge in [-0.1, -0.05) is 30.3 Å². The second kappa shape index (κ2) is 8.55. The van der Waals surface area contributed by atoms with Crippen molar-refractivity contribution in [3.8, 4) is 0 Å². The van der Waals surface area contributed by atoms with Gasteiger partial charge in [-0.05, 0) is 38.5 Å². The lowest BCUT2D eigenvalue weighted by Gasteiger charge is -2.21. The Labute approximate surface area is 169 Å². The van der Waals surface area contributed by atoms with Gasteiger partial charge in [0, 0.05) is 30.0 Å². The molecule has 0 fully saturated rings. The van der Waals surface area contributed by atoms with Crippen molar-refractivity contribution in [2.45, 2.75) is 32.4 Å². The first-order valence-corrected chi connectivity index (χ1v) is 9.34. The summed E-state index contributed by atoms with van der Waals surface area (Å²) < 4.78 is 18.8. The minimum Gasteiger partial charge on any atom is -0.624 e. The van der Waals surface area contributed by atoms with Crippen LogP contribution in [0, 0.1) is 11.0 Å². The fourth-order valence-electron chi connectivity index (χ4n) is 3.00. The summed E-state index contributed by atoms with van der Waals surface area (Å²) in [6.07, 6.45) is 2.57. The highest BCUT2D eigenvalue weighted by atomic mass is 19.1. The minimum atomic E-state index is -0.625. The highest BCUT2D eigenvalue weighted by Gasteiger charge is 2.29. The summed E-state index contributed by atoms with van der Waals surface area (Å²) in [4.78, 5) is 16.7. The van der Waals surface area contributed by atoms with Crippen molar-refractivity contribution >= 4 is 23.6 Å². The number of hydrogen-bond acceptors (Lipinski definition) is 4. The van der Waals surface area contributed by atoms with Gasteiger partial charge in [0.1, 0.15) is 23.3 Å². The molecule has 29 heavy (non-hydrogen) atoms. The van der Waals surface area contributed by atoms with Crippen molar-refractivity contribution in [2.24, 2.45) is 4.99 Å². The van der Waals surface area contributed by atoms with E-state index >= 15 is 0 Å². The number of carbonyl (C=O) groups excluding carboxylic acids is 1. The van der Waals surface area contributed by atoms with Crippen LogP contribution in [0.25, 0.3) is 5.57 Å². The summed E-state index contributed by atoms with van der Waals surface area (Å²) in [6, 6.07) is 13.1. The van der Waals surface area contributed by atoms with Gasteiger partial charge in [0.05, 0.1) is 6.04 Å². The molecule has 1 amide bonds. The lowest BCUT2D eigenvalue weighted by molar-refractivity contribution is -0.710. The van der Waals surface area contributed by atoms with Crippen molar-refractivity contribution in [2.75, 3.05) is 6.54 Å². The maximum absolute atomic E-state index is 13.6. The number of quaternary nitrogens is 1. The third-order valence-corrected chi connectivity index (χ3v) is 4.25. The molecular formula is C22H24FN3O3. The lowest BCUT2D eigenvalue weighted by atomic mass is 10.00. The molecule has 2 aromatic carbocycles. The van der Waals surface area contributed by atoms with Crippen molar-refractivity contribution in [3.63, 3.8) is 0 Å². The highest BCUT2D eigenvalue weighted by Crippen LogP contribution is 2.29. The lowest BCUT2D eigenvalue weighted by Crippen LogP contribution is -2.95. The molecule has 0 aromatic heterocycles. The summed E-state index contributed by atoms with van der Waals surface area (Å²) >= 11 is 0. The largest absolute Gasteiger partial charge is 0.624 e. The summed E-state index contributed by atoms with van der Waals surface area (Å²) in [6.45, 7) is 5.47. The van der Waals surface area contributed by atoms with E-state index in [-0.39, 0.29) is 11.6 Å². The molecule has 0 radical (unpaired) electrons. The number of carbonyl (C=O) groups is 1. The Kier molecular flexibility index (Phi) is 6.10. The predicted molar refractivity (Wildman–Crippen MR) is 110 cm³/mol. The second-order valence-electron chi connectivity index (χ2n) is 7.74. The normalized spacial score (nSPS) is 17.0. The molecule has 2 aromatic rings. The number of alkyl carbamates (subject to hydrolysis) is 1. The van der Waals surface area contributed by atoms with E-state index in [1.54, 1.807) is 33.1 Å². The monoisotopic (exact) mass is 397 g/mol. The van der Waals surface area contributed by atoms with Crippen LogP contribution in [0.2, 0.25) is 0 Å². The van der Waals surface area contributed by atoms with Crippen LogP contribution in [-0.4, -0.2) is 30.5 Å². The molecule has 152 valence electrons. The van der Waals surface area contributed by atoms with E-state index in [0.29, 0.717) is 16.8 Å². The van der Waals surface area contributed by atoms with Crippen LogP contribution in [0.15, 0.2) is 59.7 Å². The summed E-state index contributed by atoms with van der Waals surface area (Å²) in [5.41, 5.74) is 1.82. The Morgan fingerprint density at radius 1 is 1.28 bits per heavy atom. The average Bonchev–Trinajstić information content (AvgIpc) is 2.97. The van der Waals surface area contributed by atoms with Crippen LogP contribution in [0.5, 0.6) is 0 Å². The van der Waals surface area contributed by atoms with Crippen molar-refractivity contribution in [1.82, 2.24) is 5.32 Å². The topological polar surface area (TPSA) is 78.2 Å². The maximum atomic E-state index is 13.6. The molecule has 0 aliphatic carbocycles. The molecule has 3 rings (SSSR count). The van der Waals surface area contributed by atoms with Crippen LogP contribution in [0.3, 0.4) is 0 Å². The molecule has 0 saturated carbocycles. The molecular weight excluding hydrogens is 373 g/mol. The van der Waals surface area contributed by atoms with Gasteiger partial charge in [-0.2, -0.15) is 0 Å². The number of hydrogen-bond donors (Lipinski definition) is 2. The first kappa shape index (κ1) is 20.7. The molecule has 6 nitrogen and oxygen atoms in total. The zero-order valence-electron chi connectivity index (χ0n) is 16.6. The van der Waals surface area contributed by atoms with Gasteiger partial charge in [-0.25, -0.2) is 9.18 Å². The van der Waals surface area contributed by atoms with Gasteiger partial charge in [0.15, 0.2) is 0 Å². The van der Waals surface area contributed by atoms with Crippen LogP contribution >= 0.6 is 0 Å². The fraction of sp³-hybridized carbons (Fsp3) is 0.273. The zero-order valence-corrected chi connectivity index (χ0v) is 16.6. The Hall–Kier alpha value is -3.03. The minimum absolute atomic E-state index is 0.133. The zero-order chi connectivity index (χ0) is 21.0. The van der Waals surface area contributed by atoms with Gasteiger partial charge >= 0.3 is 6.09 Å². The SMILES string of the molecule is CC(C)(C)OC(=O)NCC(N=Cc1ccccc1)C1=C[NH+]([O-])c2cc(F)ccc21. The number of hydroxylamine groups is 1. The number of aliphatic imine (C=N–C) groups is 1. The number of fused-ring (bicyclic) bond motifs is 1. The molecule has 2 atom stereocenters. The van der Waals surface area contributed by atoms with Gasteiger partial charge in [-0.3, -0.25) is 4.99 Å². The van der Waals surface area contributed by atoms with Crippen LogP contribution in [0.1, 0.15) is 31.9 Å². The van der Waals surface area contributed by atoms with E-state index in [1.807, 2.05) is 30.3 Å². The molecule has 0 bridgehead atoms. The first-order chi connectivity index (χ1) is 13.7. The Morgan fingerprint density at radius 2 is 2.00 bits per heavy atom. The molecule has 1 heterocycles. The van der Waals surface area contributed by atoms with Crippen LogP contribution in [-0.2, 0) is 4.74 Å². The van der Waals surface area contributed by atoms with Crippen LogP contribution < -0.4 is 10.4 Å². The predicted octanol–water partition coefficient (Wildman–Crippen LogP) is 3.21. The van der Waals surface area contributed by atoms with E-state index in [0.717, 1.165) is 5.56 Å². The molecule has 1 aliphatic rings. The smallest absolute Gasteiger partial charge is 0.407 e. The molecule has 7 heteroatoms. The van der Waals surface area contributed by atoms with Gasteiger partial charge in [0.25, 0.3) is 0 Å². The molecule has 0 spiro atoms. The Bertz CT molecular complexity index is 936. The Morgan fingerprint density at radius 3 is 2.69 bits per heavy atom. The first-order valence-electron chi connectivity index (χ1n) is 9.34. The quantitative estimate of drug-likeness (QED) is 0.601. The van der Waals surface area contributed by atoms with Gasteiger partial charge < -0.3 is 20.3 Å².